The van der Waals surface area contributed by atoms with Crippen molar-refractivity contribution in [3.05, 3.63) is 54.7 Å². The number of carbonyl (C=O) groups excluding carboxylic acids is 1. The van der Waals surface area contributed by atoms with Crippen molar-refractivity contribution in [1.29, 1.82) is 0 Å². The van der Waals surface area contributed by atoms with Crippen LogP contribution in [0.2, 0.25) is 0 Å². The van der Waals surface area contributed by atoms with Gasteiger partial charge in [-0.05, 0) is 42.5 Å². The summed E-state index contributed by atoms with van der Waals surface area (Å²) in [4.78, 5) is 15.8. The minimum atomic E-state index is -0.354. The number of ether oxygens (including phenoxy) is 1. The Kier molecular flexibility index (Phi) is 3.51. The number of nitrogens with one attached hydrogen (secondary N) is 1. The fraction of sp³-hybridized carbons (Fsp3) is 0.0667. The molecular formula is C15H11FN2O3. The Labute approximate surface area is 119 Å². The normalized spacial score (nSPS) is 10.5. The Morgan fingerprint density at radius 3 is 2.86 bits per heavy atom. The molecule has 0 unspecified atom stereocenters. The number of hydrogen-bond donors (Lipinski definition) is 1. The molecule has 0 saturated heterocycles. The molecule has 0 fully saturated rings. The van der Waals surface area contributed by atoms with Crippen molar-refractivity contribution < 1.29 is 18.3 Å². The van der Waals surface area contributed by atoms with Crippen LogP contribution in [-0.4, -0.2) is 17.5 Å². The maximum Gasteiger partial charge on any atom is 0.262 e. The lowest BCUT2D eigenvalue weighted by atomic mass is 10.3. The van der Waals surface area contributed by atoms with Crippen LogP contribution in [0.3, 0.4) is 0 Å². The van der Waals surface area contributed by atoms with Crippen LogP contribution in [0, 0.1) is 5.82 Å². The standard InChI is InChI=1S/C15H11FN2O3/c16-10-1-4-12(5-2-10)20-8-15(19)18-11-3-6-14-13(7-11)17-9-21-14/h1-7,9H,8H2,(H,18,19). The molecule has 0 aliphatic heterocycles. The molecule has 3 rings (SSSR count). The molecule has 1 heterocycles. The minimum absolute atomic E-state index is 0.164. The number of aromatic nitrogens is 1. The molecule has 106 valence electrons. The van der Waals surface area contributed by atoms with E-state index in [0.29, 0.717) is 22.5 Å². The zero-order chi connectivity index (χ0) is 14.7. The predicted molar refractivity (Wildman–Crippen MR) is 74.5 cm³/mol. The highest BCUT2D eigenvalue weighted by Crippen LogP contribution is 2.17. The summed E-state index contributed by atoms with van der Waals surface area (Å²) in [7, 11) is 0. The molecule has 21 heavy (non-hydrogen) atoms. The van der Waals surface area contributed by atoms with Crippen LogP contribution in [0.25, 0.3) is 11.1 Å². The highest BCUT2D eigenvalue weighted by Gasteiger charge is 2.06. The Morgan fingerprint density at radius 1 is 1.24 bits per heavy atom. The number of oxazole rings is 1. The van der Waals surface area contributed by atoms with Gasteiger partial charge < -0.3 is 14.5 Å². The Bertz CT molecular complexity index is 768. The van der Waals surface area contributed by atoms with E-state index in [9.17, 15) is 9.18 Å². The third kappa shape index (κ3) is 3.17. The van der Waals surface area contributed by atoms with Crippen molar-refractivity contribution in [2.75, 3.05) is 11.9 Å². The van der Waals surface area contributed by atoms with E-state index >= 15 is 0 Å². The first-order valence-corrected chi connectivity index (χ1v) is 6.22. The fourth-order valence-corrected chi connectivity index (χ4v) is 1.81. The molecule has 2 aromatic carbocycles. The number of anilines is 1. The summed E-state index contributed by atoms with van der Waals surface area (Å²) >= 11 is 0. The summed E-state index contributed by atoms with van der Waals surface area (Å²) in [6, 6.07) is 10.6. The molecule has 0 radical (unpaired) electrons. The molecule has 0 aliphatic rings. The Balaban J connectivity index is 1.59. The van der Waals surface area contributed by atoms with E-state index in [1.54, 1.807) is 18.2 Å². The maximum absolute atomic E-state index is 12.7. The van der Waals surface area contributed by atoms with Crippen LogP contribution >= 0.6 is 0 Å². The number of fused-ring (bicyclic) bond motifs is 1. The van der Waals surface area contributed by atoms with Gasteiger partial charge in [0.25, 0.3) is 5.91 Å². The van der Waals surface area contributed by atoms with Crippen LogP contribution in [-0.2, 0) is 4.79 Å². The molecule has 0 spiro atoms. The molecule has 6 heteroatoms. The van der Waals surface area contributed by atoms with Crippen LogP contribution in [0.1, 0.15) is 0 Å². The van der Waals surface area contributed by atoms with E-state index in [4.69, 9.17) is 9.15 Å². The van der Waals surface area contributed by atoms with Gasteiger partial charge in [-0.25, -0.2) is 9.37 Å². The van der Waals surface area contributed by atoms with E-state index in [0.717, 1.165) is 0 Å². The van der Waals surface area contributed by atoms with Gasteiger partial charge in [0.1, 0.15) is 17.1 Å². The second-order valence-corrected chi connectivity index (χ2v) is 4.33. The van der Waals surface area contributed by atoms with E-state index in [2.05, 4.69) is 10.3 Å². The SMILES string of the molecule is O=C(COc1ccc(F)cc1)Nc1ccc2ocnc2c1. The largest absolute Gasteiger partial charge is 0.484 e. The van der Waals surface area contributed by atoms with Crippen molar-refractivity contribution in [2.24, 2.45) is 0 Å². The van der Waals surface area contributed by atoms with Gasteiger partial charge >= 0.3 is 0 Å². The number of carbonyl (C=O) groups is 1. The molecule has 3 aromatic rings. The molecule has 1 aromatic heterocycles. The summed E-state index contributed by atoms with van der Waals surface area (Å²) in [5.41, 5.74) is 1.91. The maximum atomic E-state index is 12.7. The Hall–Kier alpha value is -2.89. The lowest BCUT2D eigenvalue weighted by molar-refractivity contribution is -0.118. The molecular weight excluding hydrogens is 275 g/mol. The number of benzene rings is 2. The minimum Gasteiger partial charge on any atom is -0.484 e. The van der Waals surface area contributed by atoms with Gasteiger partial charge in [-0.3, -0.25) is 4.79 Å². The summed E-state index contributed by atoms with van der Waals surface area (Å²) < 4.78 is 23.1. The molecule has 0 saturated carbocycles. The predicted octanol–water partition coefficient (Wildman–Crippen LogP) is 2.98. The van der Waals surface area contributed by atoms with Crippen LogP contribution in [0.4, 0.5) is 10.1 Å². The first kappa shape index (κ1) is 13.1. The van der Waals surface area contributed by atoms with Gasteiger partial charge in [0, 0.05) is 5.69 Å². The van der Waals surface area contributed by atoms with Crippen LogP contribution in [0.5, 0.6) is 5.75 Å². The molecule has 0 aliphatic carbocycles. The fourth-order valence-electron chi connectivity index (χ4n) is 1.81. The number of hydrogen-bond acceptors (Lipinski definition) is 4. The smallest absolute Gasteiger partial charge is 0.262 e. The third-order valence-electron chi connectivity index (χ3n) is 2.80. The number of halogens is 1. The summed E-state index contributed by atoms with van der Waals surface area (Å²) in [5.74, 6) is -0.242. The first-order chi connectivity index (χ1) is 10.2. The van der Waals surface area contributed by atoms with Gasteiger partial charge in [0.05, 0.1) is 0 Å². The topological polar surface area (TPSA) is 64.4 Å². The quantitative estimate of drug-likeness (QED) is 0.800. The number of nitrogens with zero attached hydrogens (tertiary/aromatic N) is 1. The zero-order valence-electron chi connectivity index (χ0n) is 10.9. The van der Waals surface area contributed by atoms with E-state index < -0.39 is 0 Å². The van der Waals surface area contributed by atoms with Gasteiger partial charge in [-0.15, -0.1) is 0 Å². The second kappa shape index (κ2) is 5.62. The van der Waals surface area contributed by atoms with Crippen LogP contribution in [0.15, 0.2) is 53.3 Å². The van der Waals surface area contributed by atoms with Crippen molar-refractivity contribution in [3.63, 3.8) is 0 Å². The zero-order valence-corrected chi connectivity index (χ0v) is 10.9. The van der Waals surface area contributed by atoms with Crippen molar-refractivity contribution in [2.45, 2.75) is 0 Å². The highest BCUT2D eigenvalue weighted by atomic mass is 19.1. The van der Waals surface area contributed by atoms with E-state index in [1.165, 1.54) is 30.7 Å². The average Bonchev–Trinajstić information content (AvgIpc) is 2.94. The van der Waals surface area contributed by atoms with Crippen molar-refractivity contribution in [3.8, 4) is 5.75 Å². The monoisotopic (exact) mass is 286 g/mol. The van der Waals surface area contributed by atoms with Gasteiger partial charge in [0.2, 0.25) is 0 Å². The van der Waals surface area contributed by atoms with E-state index in [1.807, 2.05) is 0 Å². The lowest BCUT2D eigenvalue weighted by Crippen LogP contribution is -2.20. The molecule has 0 atom stereocenters. The molecule has 5 nitrogen and oxygen atoms in total. The van der Waals surface area contributed by atoms with Gasteiger partial charge in [0.15, 0.2) is 18.6 Å². The number of rotatable bonds is 4. The van der Waals surface area contributed by atoms with Gasteiger partial charge in [-0.1, -0.05) is 0 Å². The van der Waals surface area contributed by atoms with Crippen molar-refractivity contribution in [1.82, 2.24) is 4.98 Å². The van der Waals surface area contributed by atoms with Crippen LogP contribution < -0.4 is 10.1 Å². The van der Waals surface area contributed by atoms with Gasteiger partial charge in [-0.2, -0.15) is 0 Å². The third-order valence-corrected chi connectivity index (χ3v) is 2.80. The number of amides is 1. The molecule has 1 amide bonds. The second-order valence-electron chi connectivity index (χ2n) is 4.33. The first-order valence-electron chi connectivity index (χ1n) is 6.22. The summed E-state index contributed by atoms with van der Waals surface area (Å²) in [6.45, 7) is -0.164. The van der Waals surface area contributed by atoms with Crippen molar-refractivity contribution >= 4 is 22.7 Å². The lowest BCUT2D eigenvalue weighted by Gasteiger charge is -2.07. The Morgan fingerprint density at radius 2 is 2.05 bits per heavy atom. The van der Waals surface area contributed by atoms with E-state index in [-0.39, 0.29) is 18.3 Å². The molecule has 0 bridgehead atoms. The highest BCUT2D eigenvalue weighted by molar-refractivity contribution is 5.93. The average molecular weight is 286 g/mol. The summed E-state index contributed by atoms with van der Waals surface area (Å²) in [5, 5.41) is 2.69. The summed E-state index contributed by atoms with van der Waals surface area (Å²) in [6.07, 6.45) is 1.34. The molecule has 1 N–H and O–H groups in total.